The van der Waals surface area contributed by atoms with Crippen molar-refractivity contribution in [3.05, 3.63) is 23.0 Å². The number of hydrogen-bond acceptors (Lipinski definition) is 13. The molecule has 3 heterocycles. The lowest BCUT2D eigenvalue weighted by atomic mass is 10.1. The standard InChI is InChI=1S/C13H12N8O8S2/c1-28-12(24)7-2-15-19-20(7)10-9(11(23)21(10)31(25,26)27)18-8(22)3-16-29-4-6-5-30-13(14)17-6/h2-3,5,10H,4H2,1H3,(H2,14,17)(H,25,26,27)/t10-/m0/s1. The minimum absolute atomic E-state index is 0.0412. The van der Waals surface area contributed by atoms with E-state index in [1.807, 2.05) is 0 Å². The average molecular weight is 472 g/mol. The third kappa shape index (κ3) is 4.54. The number of thiazole rings is 1. The number of amides is 2. The highest BCUT2D eigenvalue weighted by molar-refractivity contribution is 7.84. The molecule has 0 bridgehead atoms. The van der Waals surface area contributed by atoms with Crippen LogP contribution in [0.25, 0.3) is 0 Å². The quantitative estimate of drug-likeness (QED) is 0.153. The molecule has 3 N–H and O–H groups in total. The summed E-state index contributed by atoms with van der Waals surface area (Å²) in [4.78, 5) is 48.1. The third-order valence-electron chi connectivity index (χ3n) is 3.59. The number of esters is 1. The highest BCUT2D eigenvalue weighted by Crippen LogP contribution is 2.30. The summed E-state index contributed by atoms with van der Waals surface area (Å²) in [7, 11) is -4.04. The number of nitrogens with two attached hydrogens (primary N) is 1. The van der Waals surface area contributed by atoms with E-state index in [0.29, 0.717) is 21.7 Å². The molecule has 1 saturated heterocycles. The third-order valence-corrected chi connectivity index (χ3v) is 5.17. The Morgan fingerprint density at radius 1 is 1.45 bits per heavy atom. The van der Waals surface area contributed by atoms with E-state index in [4.69, 9.17) is 10.6 Å². The van der Waals surface area contributed by atoms with Crippen LogP contribution in [-0.2, 0) is 36.1 Å². The van der Waals surface area contributed by atoms with Crippen LogP contribution in [0, 0.1) is 0 Å². The number of carbonyl (C=O) groups excluding carboxylic acids is 3. The first-order valence-corrected chi connectivity index (χ1v) is 10.2. The zero-order valence-electron chi connectivity index (χ0n) is 15.3. The molecule has 0 aliphatic carbocycles. The summed E-state index contributed by atoms with van der Waals surface area (Å²) < 4.78 is 37.5. The van der Waals surface area contributed by atoms with Crippen molar-refractivity contribution >= 4 is 56.5 Å². The molecular weight excluding hydrogens is 460 g/mol. The molecule has 3 rings (SSSR count). The van der Waals surface area contributed by atoms with Gasteiger partial charge in [0.2, 0.25) is 0 Å². The SMILES string of the molecule is COC(=O)c1cnnn1[C@@H]1C(=NC(=O)C=NOCc2csc(N)n2)C(=O)N1S(=O)(=O)O. The van der Waals surface area contributed by atoms with Crippen LogP contribution < -0.4 is 5.73 Å². The predicted molar refractivity (Wildman–Crippen MR) is 101 cm³/mol. The summed E-state index contributed by atoms with van der Waals surface area (Å²) in [6.45, 7) is -0.0897. The van der Waals surface area contributed by atoms with Crippen LogP contribution in [0.4, 0.5) is 5.13 Å². The minimum Gasteiger partial charge on any atom is -0.464 e. The predicted octanol–water partition coefficient (Wildman–Crippen LogP) is -1.58. The summed E-state index contributed by atoms with van der Waals surface area (Å²) in [6.07, 6.45) is -0.210. The van der Waals surface area contributed by atoms with Crippen LogP contribution in [-0.4, -0.2) is 74.1 Å². The number of aliphatic imine (C=N–C) groups is 1. The van der Waals surface area contributed by atoms with Crippen LogP contribution in [0.2, 0.25) is 0 Å². The number of anilines is 1. The van der Waals surface area contributed by atoms with Crippen LogP contribution in [0.3, 0.4) is 0 Å². The Bertz CT molecular complexity index is 1200. The molecule has 31 heavy (non-hydrogen) atoms. The van der Waals surface area contributed by atoms with E-state index >= 15 is 0 Å². The molecule has 2 aromatic heterocycles. The van der Waals surface area contributed by atoms with Gasteiger partial charge < -0.3 is 15.3 Å². The monoisotopic (exact) mass is 472 g/mol. The fourth-order valence-electron chi connectivity index (χ4n) is 2.33. The van der Waals surface area contributed by atoms with Gasteiger partial charge in [-0.25, -0.2) is 19.5 Å². The molecule has 1 aliphatic rings. The molecule has 0 unspecified atom stereocenters. The first-order valence-electron chi connectivity index (χ1n) is 7.91. The fraction of sp³-hybridized carbons (Fsp3) is 0.231. The van der Waals surface area contributed by atoms with Gasteiger partial charge in [-0.1, -0.05) is 10.4 Å². The largest absolute Gasteiger partial charge is 0.464 e. The van der Waals surface area contributed by atoms with Gasteiger partial charge in [-0.15, -0.1) is 16.4 Å². The Balaban J connectivity index is 1.81. The molecule has 1 aliphatic heterocycles. The molecule has 2 amide bonds. The highest BCUT2D eigenvalue weighted by Gasteiger charge is 2.54. The topological polar surface area (TPSA) is 222 Å². The number of ether oxygens (including phenoxy) is 1. The molecule has 0 saturated carbocycles. The van der Waals surface area contributed by atoms with Crippen molar-refractivity contribution in [2.75, 3.05) is 12.8 Å². The van der Waals surface area contributed by atoms with Gasteiger partial charge in [-0.2, -0.15) is 12.7 Å². The zero-order valence-corrected chi connectivity index (χ0v) is 17.0. The molecule has 2 aromatic rings. The van der Waals surface area contributed by atoms with E-state index in [-0.39, 0.29) is 16.6 Å². The average Bonchev–Trinajstić information content (AvgIpc) is 3.34. The van der Waals surface area contributed by atoms with Gasteiger partial charge in [0.15, 0.2) is 29.3 Å². The van der Waals surface area contributed by atoms with Crippen LogP contribution >= 0.6 is 11.3 Å². The molecule has 1 fully saturated rings. The van der Waals surface area contributed by atoms with Gasteiger partial charge in [0.25, 0.3) is 11.8 Å². The lowest BCUT2D eigenvalue weighted by Gasteiger charge is -2.37. The molecule has 18 heteroatoms. The van der Waals surface area contributed by atoms with Crippen LogP contribution in [0.1, 0.15) is 22.3 Å². The highest BCUT2D eigenvalue weighted by atomic mass is 32.2. The van der Waals surface area contributed by atoms with Crippen LogP contribution in [0.5, 0.6) is 0 Å². The van der Waals surface area contributed by atoms with Gasteiger partial charge in [-0.05, 0) is 0 Å². The number of nitrogen functional groups attached to an aromatic ring is 1. The Kier molecular flexibility index (Phi) is 6.04. The summed E-state index contributed by atoms with van der Waals surface area (Å²) in [5.74, 6) is -3.39. The van der Waals surface area contributed by atoms with E-state index in [0.717, 1.165) is 13.3 Å². The summed E-state index contributed by atoms with van der Waals surface area (Å²) in [6, 6.07) is 0. The number of β-lactam (4-membered cyclic amide) rings is 1. The first-order chi connectivity index (χ1) is 14.6. The maximum Gasteiger partial charge on any atom is 0.364 e. The molecule has 164 valence electrons. The zero-order chi connectivity index (χ0) is 22.8. The number of oxime groups is 1. The lowest BCUT2D eigenvalue weighted by Crippen LogP contribution is -2.61. The first kappa shape index (κ1) is 21.9. The van der Waals surface area contributed by atoms with Gasteiger partial charge in [-0.3, -0.25) is 14.1 Å². The Morgan fingerprint density at radius 2 is 2.19 bits per heavy atom. The molecule has 1 atom stereocenters. The van der Waals surface area contributed by atoms with Crippen molar-refractivity contribution in [1.82, 2.24) is 24.3 Å². The second-order valence-electron chi connectivity index (χ2n) is 5.53. The maximum atomic E-state index is 12.1. The summed E-state index contributed by atoms with van der Waals surface area (Å²) in [5.41, 5.74) is 4.91. The van der Waals surface area contributed by atoms with Gasteiger partial charge in [0, 0.05) is 5.38 Å². The van der Waals surface area contributed by atoms with Gasteiger partial charge in [0.1, 0.15) is 6.21 Å². The van der Waals surface area contributed by atoms with Crippen molar-refractivity contribution in [2.45, 2.75) is 12.8 Å². The summed E-state index contributed by atoms with van der Waals surface area (Å²) in [5, 5.41) is 12.2. The van der Waals surface area contributed by atoms with Crippen molar-refractivity contribution in [1.29, 1.82) is 0 Å². The molecular formula is C13H12N8O8S2. The number of nitrogens with zero attached hydrogens (tertiary/aromatic N) is 7. The van der Waals surface area contributed by atoms with E-state index in [9.17, 15) is 27.4 Å². The number of carbonyl (C=O) groups is 3. The Labute approximate surface area is 176 Å². The Hall–Kier alpha value is -3.77. The second kappa shape index (κ2) is 8.53. The van der Waals surface area contributed by atoms with E-state index in [1.54, 1.807) is 5.38 Å². The maximum absolute atomic E-state index is 12.1. The number of methoxy groups -OCH3 is 1. The number of hydrogen-bond donors (Lipinski definition) is 2. The van der Waals surface area contributed by atoms with Crippen molar-refractivity contribution in [3.8, 4) is 0 Å². The van der Waals surface area contributed by atoms with E-state index < -0.39 is 40.0 Å². The molecule has 0 aromatic carbocycles. The molecule has 0 radical (unpaired) electrons. The summed E-state index contributed by atoms with van der Waals surface area (Å²) >= 11 is 1.18. The smallest absolute Gasteiger partial charge is 0.364 e. The van der Waals surface area contributed by atoms with Gasteiger partial charge in [0.05, 0.1) is 19.0 Å². The normalized spacial score (nSPS) is 17.7. The molecule has 16 nitrogen and oxygen atoms in total. The van der Waals surface area contributed by atoms with Gasteiger partial charge >= 0.3 is 16.3 Å². The van der Waals surface area contributed by atoms with Crippen molar-refractivity contribution in [3.63, 3.8) is 0 Å². The van der Waals surface area contributed by atoms with E-state index in [1.165, 1.54) is 11.3 Å². The molecule has 0 spiro atoms. The van der Waals surface area contributed by atoms with Crippen molar-refractivity contribution < 1.29 is 36.9 Å². The Morgan fingerprint density at radius 3 is 2.81 bits per heavy atom. The van der Waals surface area contributed by atoms with Crippen LogP contribution in [0.15, 0.2) is 21.7 Å². The van der Waals surface area contributed by atoms with E-state index in [2.05, 4.69) is 30.2 Å². The second-order valence-corrected chi connectivity index (χ2v) is 7.71. The minimum atomic E-state index is -5.08. The van der Waals surface area contributed by atoms with Crippen molar-refractivity contribution in [2.24, 2.45) is 10.1 Å². The fourth-order valence-corrected chi connectivity index (χ4v) is 3.62. The number of aromatic nitrogens is 4. The number of rotatable bonds is 7. The lowest BCUT2D eigenvalue weighted by molar-refractivity contribution is -0.127.